The maximum absolute atomic E-state index is 11.8. The Kier molecular flexibility index (Phi) is 3.64. The van der Waals surface area contributed by atoms with E-state index in [9.17, 15) is 14.9 Å². The number of hydrogen-bond acceptors (Lipinski definition) is 5. The standard InChI is InChI=1S/C12H15N3O4/c1-8(2)5-6-14-11(16)7-19-9-3-4-10(15(17)18)13-12(9)14/h3-4,8H,5-7H2,1-2H3. The van der Waals surface area contributed by atoms with Crippen molar-refractivity contribution >= 4 is 17.5 Å². The van der Waals surface area contributed by atoms with Crippen molar-refractivity contribution < 1.29 is 14.5 Å². The SMILES string of the molecule is CC(C)CCN1C(=O)COc2ccc([N+](=O)[O-])nc21. The highest BCUT2D eigenvalue weighted by Gasteiger charge is 2.31. The van der Waals surface area contributed by atoms with E-state index in [0.717, 1.165) is 6.42 Å². The third-order valence-electron chi connectivity index (χ3n) is 2.85. The van der Waals surface area contributed by atoms with Gasteiger partial charge >= 0.3 is 5.82 Å². The summed E-state index contributed by atoms with van der Waals surface area (Å²) < 4.78 is 5.23. The molecular formula is C12H15N3O4. The first-order valence-corrected chi connectivity index (χ1v) is 6.07. The first-order valence-electron chi connectivity index (χ1n) is 6.07. The van der Waals surface area contributed by atoms with E-state index in [0.29, 0.717) is 18.2 Å². The Labute approximate surface area is 110 Å². The molecule has 0 N–H and O–H groups in total. The quantitative estimate of drug-likeness (QED) is 0.611. The third kappa shape index (κ3) is 2.81. The Hall–Kier alpha value is -2.18. The molecule has 0 atom stereocenters. The Balaban J connectivity index is 2.32. The Morgan fingerprint density at radius 3 is 2.89 bits per heavy atom. The normalized spacial score (nSPS) is 14.3. The van der Waals surface area contributed by atoms with Crippen LogP contribution < -0.4 is 9.64 Å². The van der Waals surface area contributed by atoms with Gasteiger partial charge in [-0.25, -0.2) is 0 Å². The van der Waals surface area contributed by atoms with Crippen LogP contribution in [-0.2, 0) is 4.79 Å². The predicted molar refractivity (Wildman–Crippen MR) is 68.2 cm³/mol. The molecular weight excluding hydrogens is 250 g/mol. The van der Waals surface area contributed by atoms with Gasteiger partial charge in [0.2, 0.25) is 0 Å². The molecule has 0 unspecified atom stereocenters. The number of pyridine rings is 1. The van der Waals surface area contributed by atoms with Crippen molar-refractivity contribution in [3.63, 3.8) is 0 Å². The van der Waals surface area contributed by atoms with Crippen LogP contribution in [0.2, 0.25) is 0 Å². The van der Waals surface area contributed by atoms with Crippen LogP contribution in [0.15, 0.2) is 12.1 Å². The average molecular weight is 265 g/mol. The van der Waals surface area contributed by atoms with Crippen molar-refractivity contribution in [1.29, 1.82) is 0 Å². The predicted octanol–water partition coefficient (Wildman–Crippen LogP) is 1.76. The van der Waals surface area contributed by atoms with E-state index in [-0.39, 0.29) is 24.1 Å². The van der Waals surface area contributed by atoms with E-state index in [4.69, 9.17) is 4.74 Å². The molecule has 0 aliphatic carbocycles. The van der Waals surface area contributed by atoms with Gasteiger partial charge in [-0.05, 0) is 28.3 Å². The molecule has 1 aromatic rings. The second-order valence-corrected chi connectivity index (χ2v) is 4.76. The van der Waals surface area contributed by atoms with E-state index in [1.807, 2.05) is 13.8 Å². The van der Waals surface area contributed by atoms with Gasteiger partial charge in [0, 0.05) is 12.6 Å². The van der Waals surface area contributed by atoms with Crippen LogP contribution in [0.3, 0.4) is 0 Å². The summed E-state index contributed by atoms with van der Waals surface area (Å²) >= 11 is 0. The molecule has 19 heavy (non-hydrogen) atoms. The van der Waals surface area contributed by atoms with Crippen LogP contribution in [0.5, 0.6) is 5.75 Å². The van der Waals surface area contributed by atoms with Crippen molar-refractivity contribution in [3.8, 4) is 5.75 Å². The van der Waals surface area contributed by atoms with Gasteiger partial charge in [0.1, 0.15) is 0 Å². The van der Waals surface area contributed by atoms with Crippen LogP contribution in [0.4, 0.5) is 11.6 Å². The van der Waals surface area contributed by atoms with Gasteiger partial charge in [-0.15, -0.1) is 0 Å². The van der Waals surface area contributed by atoms with Gasteiger partial charge in [-0.2, -0.15) is 0 Å². The van der Waals surface area contributed by atoms with Crippen LogP contribution in [0.1, 0.15) is 20.3 Å². The smallest absolute Gasteiger partial charge is 0.366 e. The summed E-state index contributed by atoms with van der Waals surface area (Å²) in [6.07, 6.45) is 0.801. The second kappa shape index (κ2) is 5.21. The van der Waals surface area contributed by atoms with E-state index < -0.39 is 4.92 Å². The molecule has 1 aromatic heterocycles. The van der Waals surface area contributed by atoms with E-state index in [1.165, 1.54) is 17.0 Å². The summed E-state index contributed by atoms with van der Waals surface area (Å²) in [5, 5.41) is 10.7. The largest absolute Gasteiger partial charge is 0.477 e. The summed E-state index contributed by atoms with van der Waals surface area (Å²) in [4.78, 5) is 27.4. The zero-order chi connectivity index (χ0) is 14.0. The molecule has 0 radical (unpaired) electrons. The number of nitro groups is 1. The van der Waals surface area contributed by atoms with Gasteiger partial charge in [-0.1, -0.05) is 13.8 Å². The molecule has 7 nitrogen and oxygen atoms in total. The lowest BCUT2D eigenvalue weighted by molar-refractivity contribution is -0.389. The average Bonchev–Trinajstić information content (AvgIpc) is 2.36. The number of carbonyl (C=O) groups excluding carboxylic acids is 1. The summed E-state index contributed by atoms with van der Waals surface area (Å²) in [6, 6.07) is 2.75. The summed E-state index contributed by atoms with van der Waals surface area (Å²) in [5.41, 5.74) is 0. The van der Waals surface area contributed by atoms with Crippen molar-refractivity contribution in [2.45, 2.75) is 20.3 Å². The van der Waals surface area contributed by atoms with Crippen LogP contribution in [0.25, 0.3) is 0 Å². The van der Waals surface area contributed by atoms with Crippen molar-refractivity contribution in [1.82, 2.24) is 4.98 Å². The van der Waals surface area contributed by atoms with E-state index in [1.54, 1.807) is 0 Å². The zero-order valence-corrected chi connectivity index (χ0v) is 10.8. The third-order valence-corrected chi connectivity index (χ3v) is 2.85. The molecule has 7 heteroatoms. The molecule has 0 fully saturated rings. The molecule has 1 aliphatic heterocycles. The highest BCUT2D eigenvalue weighted by molar-refractivity contribution is 5.96. The maximum atomic E-state index is 11.8. The van der Waals surface area contributed by atoms with Gasteiger partial charge < -0.3 is 14.9 Å². The fourth-order valence-electron chi connectivity index (χ4n) is 1.79. The second-order valence-electron chi connectivity index (χ2n) is 4.76. The number of ether oxygens (including phenoxy) is 1. The summed E-state index contributed by atoms with van der Waals surface area (Å²) in [6.45, 7) is 4.53. The number of fused-ring (bicyclic) bond motifs is 1. The fourth-order valence-corrected chi connectivity index (χ4v) is 1.79. The number of anilines is 1. The molecule has 2 heterocycles. The van der Waals surface area contributed by atoms with Crippen LogP contribution in [0, 0.1) is 16.0 Å². The molecule has 0 saturated heterocycles. The van der Waals surface area contributed by atoms with Gasteiger partial charge in [0.15, 0.2) is 12.4 Å². The molecule has 102 valence electrons. The van der Waals surface area contributed by atoms with E-state index >= 15 is 0 Å². The highest BCUT2D eigenvalue weighted by atomic mass is 16.6. The van der Waals surface area contributed by atoms with Crippen LogP contribution >= 0.6 is 0 Å². The van der Waals surface area contributed by atoms with Gasteiger partial charge in [0.05, 0.1) is 0 Å². The number of carbonyl (C=O) groups is 1. The lowest BCUT2D eigenvalue weighted by Gasteiger charge is -2.25. The van der Waals surface area contributed by atoms with E-state index in [2.05, 4.69) is 4.98 Å². The lowest BCUT2D eigenvalue weighted by Crippen LogP contribution is -2.40. The van der Waals surface area contributed by atoms with Gasteiger partial charge in [0.25, 0.3) is 11.7 Å². The first-order chi connectivity index (χ1) is 8.99. The molecule has 0 spiro atoms. The Morgan fingerprint density at radius 2 is 2.26 bits per heavy atom. The summed E-state index contributed by atoms with van der Waals surface area (Å²) in [5.74, 6) is 0.575. The lowest BCUT2D eigenvalue weighted by atomic mass is 10.1. The monoisotopic (exact) mass is 265 g/mol. The highest BCUT2D eigenvalue weighted by Crippen LogP contribution is 2.32. The molecule has 1 aliphatic rings. The minimum absolute atomic E-state index is 0.0510. The molecule has 0 bridgehead atoms. The number of hydrogen-bond donors (Lipinski definition) is 0. The number of amides is 1. The number of nitrogens with zero attached hydrogens (tertiary/aromatic N) is 3. The van der Waals surface area contributed by atoms with Gasteiger partial charge in [-0.3, -0.25) is 9.69 Å². The topological polar surface area (TPSA) is 85.6 Å². The first kappa shape index (κ1) is 13.3. The number of aromatic nitrogens is 1. The van der Waals surface area contributed by atoms with Crippen LogP contribution in [-0.4, -0.2) is 29.0 Å². The van der Waals surface area contributed by atoms with Crippen molar-refractivity contribution in [2.75, 3.05) is 18.1 Å². The summed E-state index contributed by atoms with van der Waals surface area (Å²) in [7, 11) is 0. The maximum Gasteiger partial charge on any atom is 0.366 e. The minimum Gasteiger partial charge on any atom is -0.477 e. The zero-order valence-electron chi connectivity index (χ0n) is 10.8. The molecule has 0 aromatic carbocycles. The van der Waals surface area contributed by atoms with Crippen molar-refractivity contribution in [3.05, 3.63) is 22.2 Å². The molecule has 2 rings (SSSR count). The fraction of sp³-hybridized carbons (Fsp3) is 0.500. The Bertz CT molecular complexity index is 516. The van der Waals surface area contributed by atoms with Crippen molar-refractivity contribution in [2.24, 2.45) is 5.92 Å². The minimum atomic E-state index is -0.583. The Morgan fingerprint density at radius 1 is 1.53 bits per heavy atom. The number of rotatable bonds is 4. The molecule has 0 saturated carbocycles. The molecule has 1 amide bonds.